The van der Waals surface area contributed by atoms with Crippen LogP contribution in [-0.2, 0) is 20.6 Å². The van der Waals surface area contributed by atoms with E-state index in [1.54, 1.807) is 0 Å². The van der Waals surface area contributed by atoms with Gasteiger partial charge in [-0.05, 0) is 36.5 Å². The molecular formula is C15H17ClFNO4S. The lowest BCUT2D eigenvalue weighted by Crippen LogP contribution is -2.37. The quantitative estimate of drug-likeness (QED) is 0.894. The third-order valence-electron chi connectivity index (χ3n) is 4.99. The highest BCUT2D eigenvalue weighted by molar-refractivity contribution is 7.88. The number of carbonyl (C=O) groups is 1. The molecule has 1 N–H and O–H groups in total. The first kappa shape index (κ1) is 16.7. The molecule has 1 heterocycles. The lowest BCUT2D eigenvalue weighted by Gasteiger charge is -2.23. The molecule has 2 atom stereocenters. The fourth-order valence-electron chi connectivity index (χ4n) is 3.74. The molecule has 0 radical (unpaired) electrons. The second-order valence-corrected chi connectivity index (χ2v) is 8.72. The van der Waals surface area contributed by atoms with Crippen molar-refractivity contribution in [2.24, 2.45) is 11.3 Å². The van der Waals surface area contributed by atoms with Gasteiger partial charge in [0.2, 0.25) is 10.0 Å². The molecule has 5 nitrogen and oxygen atoms in total. The average molecular weight is 362 g/mol. The van der Waals surface area contributed by atoms with E-state index in [9.17, 15) is 22.7 Å². The van der Waals surface area contributed by atoms with Crippen molar-refractivity contribution in [3.05, 3.63) is 34.6 Å². The summed E-state index contributed by atoms with van der Waals surface area (Å²) in [6, 6.07) is 3.88. The minimum absolute atomic E-state index is 0.00536. The van der Waals surface area contributed by atoms with E-state index in [1.165, 1.54) is 16.4 Å². The van der Waals surface area contributed by atoms with Crippen LogP contribution < -0.4 is 0 Å². The van der Waals surface area contributed by atoms with Crippen LogP contribution in [0.4, 0.5) is 4.39 Å². The minimum atomic E-state index is -3.70. The lowest BCUT2D eigenvalue weighted by molar-refractivity contribution is -0.149. The number of aliphatic carboxylic acids is 1. The number of nitrogens with zero attached hydrogens (tertiary/aromatic N) is 1. The molecule has 1 saturated carbocycles. The molecule has 3 rings (SSSR count). The zero-order chi connectivity index (χ0) is 16.8. The van der Waals surface area contributed by atoms with Gasteiger partial charge in [-0.3, -0.25) is 4.79 Å². The van der Waals surface area contributed by atoms with E-state index in [-0.39, 0.29) is 29.8 Å². The molecule has 1 aliphatic carbocycles. The molecule has 1 aromatic rings. The Hall–Kier alpha value is -1.18. The predicted octanol–water partition coefficient (Wildman–Crippen LogP) is 2.50. The number of fused-ring (bicyclic) bond motifs is 1. The summed E-state index contributed by atoms with van der Waals surface area (Å²) in [6.45, 7) is 0.232. The highest BCUT2D eigenvalue weighted by Crippen LogP contribution is 2.49. The Morgan fingerprint density at radius 1 is 1.48 bits per heavy atom. The number of hydrogen-bond donors (Lipinski definition) is 1. The van der Waals surface area contributed by atoms with Crippen molar-refractivity contribution in [1.29, 1.82) is 0 Å². The Kier molecular flexibility index (Phi) is 4.14. The van der Waals surface area contributed by atoms with Gasteiger partial charge in [0.05, 0.1) is 16.2 Å². The smallest absolute Gasteiger partial charge is 0.311 e. The van der Waals surface area contributed by atoms with Gasteiger partial charge in [-0.2, -0.15) is 0 Å². The van der Waals surface area contributed by atoms with Crippen LogP contribution in [0.2, 0.25) is 5.02 Å². The molecule has 1 aromatic carbocycles. The van der Waals surface area contributed by atoms with E-state index in [0.29, 0.717) is 12.0 Å². The maximum atomic E-state index is 13.5. The molecule has 2 fully saturated rings. The van der Waals surface area contributed by atoms with Crippen LogP contribution in [0, 0.1) is 17.2 Å². The highest BCUT2D eigenvalue weighted by atomic mass is 35.5. The third kappa shape index (κ3) is 2.86. The molecule has 126 valence electrons. The second kappa shape index (κ2) is 5.72. The van der Waals surface area contributed by atoms with E-state index in [0.717, 1.165) is 18.9 Å². The highest BCUT2D eigenvalue weighted by Gasteiger charge is 2.56. The first-order valence-corrected chi connectivity index (χ1v) is 9.38. The molecule has 23 heavy (non-hydrogen) atoms. The van der Waals surface area contributed by atoms with E-state index >= 15 is 0 Å². The van der Waals surface area contributed by atoms with Crippen LogP contribution in [0.3, 0.4) is 0 Å². The maximum absolute atomic E-state index is 13.5. The van der Waals surface area contributed by atoms with Gasteiger partial charge in [-0.1, -0.05) is 24.1 Å². The summed E-state index contributed by atoms with van der Waals surface area (Å²) in [6.07, 6.45) is 2.05. The van der Waals surface area contributed by atoms with Crippen molar-refractivity contribution in [1.82, 2.24) is 4.31 Å². The largest absolute Gasteiger partial charge is 0.481 e. The standard InChI is InChI=1S/C15H17ClFNO4S/c16-12-4-3-10(6-13(12)17)8-23(21,22)18-7-11-2-1-5-15(11,9-18)14(19)20/h3-4,6,11H,1-2,5,7-9H2,(H,19,20)/t11-,15+/m0/s1. The fourth-order valence-corrected chi connectivity index (χ4v) is 5.47. The summed E-state index contributed by atoms with van der Waals surface area (Å²) < 4.78 is 39.9. The van der Waals surface area contributed by atoms with Crippen molar-refractivity contribution in [3.8, 4) is 0 Å². The Morgan fingerprint density at radius 3 is 2.83 bits per heavy atom. The number of benzene rings is 1. The van der Waals surface area contributed by atoms with E-state index < -0.39 is 27.2 Å². The molecule has 0 bridgehead atoms. The van der Waals surface area contributed by atoms with Crippen molar-refractivity contribution in [3.63, 3.8) is 0 Å². The molecule has 0 aromatic heterocycles. The third-order valence-corrected chi connectivity index (χ3v) is 7.06. The average Bonchev–Trinajstić information content (AvgIpc) is 3.00. The normalized spacial score (nSPS) is 28.0. The number of hydrogen-bond acceptors (Lipinski definition) is 3. The van der Waals surface area contributed by atoms with Gasteiger partial charge >= 0.3 is 5.97 Å². The second-order valence-electron chi connectivity index (χ2n) is 6.35. The van der Waals surface area contributed by atoms with Crippen molar-refractivity contribution >= 4 is 27.6 Å². The van der Waals surface area contributed by atoms with Crippen LogP contribution in [0.1, 0.15) is 24.8 Å². The fraction of sp³-hybridized carbons (Fsp3) is 0.533. The SMILES string of the molecule is O=C(O)[C@@]12CCC[C@H]1CN(S(=O)(=O)Cc1ccc(Cl)c(F)c1)C2. The van der Waals surface area contributed by atoms with Crippen LogP contribution in [0.25, 0.3) is 0 Å². The lowest BCUT2D eigenvalue weighted by atomic mass is 9.81. The Morgan fingerprint density at radius 2 is 2.22 bits per heavy atom. The molecule has 0 unspecified atom stereocenters. The molecule has 0 amide bonds. The Balaban J connectivity index is 1.81. The first-order chi connectivity index (χ1) is 10.7. The number of carboxylic acids is 1. The minimum Gasteiger partial charge on any atom is -0.481 e. The first-order valence-electron chi connectivity index (χ1n) is 7.40. The van der Waals surface area contributed by atoms with Gasteiger partial charge in [-0.25, -0.2) is 17.1 Å². The predicted molar refractivity (Wildman–Crippen MR) is 83.0 cm³/mol. The summed E-state index contributed by atoms with van der Waals surface area (Å²) >= 11 is 5.60. The van der Waals surface area contributed by atoms with Crippen molar-refractivity contribution < 1.29 is 22.7 Å². The zero-order valence-electron chi connectivity index (χ0n) is 12.3. The van der Waals surface area contributed by atoms with Gasteiger partial charge < -0.3 is 5.11 Å². The summed E-state index contributed by atoms with van der Waals surface area (Å²) in [7, 11) is -3.70. The Labute approximate surface area is 139 Å². The van der Waals surface area contributed by atoms with Gasteiger partial charge in [0.15, 0.2) is 0 Å². The summed E-state index contributed by atoms with van der Waals surface area (Å²) in [4.78, 5) is 11.6. The van der Waals surface area contributed by atoms with Gasteiger partial charge in [0, 0.05) is 13.1 Å². The summed E-state index contributed by atoms with van der Waals surface area (Å²) in [5.74, 6) is -2.09. The monoisotopic (exact) mass is 361 g/mol. The number of sulfonamides is 1. The van der Waals surface area contributed by atoms with E-state index in [4.69, 9.17) is 11.6 Å². The maximum Gasteiger partial charge on any atom is 0.311 e. The Bertz CT molecular complexity index is 754. The van der Waals surface area contributed by atoms with Gasteiger partial charge in [0.25, 0.3) is 0 Å². The van der Waals surface area contributed by atoms with Gasteiger partial charge in [-0.15, -0.1) is 0 Å². The van der Waals surface area contributed by atoms with Crippen LogP contribution in [0.5, 0.6) is 0 Å². The molecule has 1 saturated heterocycles. The zero-order valence-corrected chi connectivity index (χ0v) is 13.9. The molecule has 1 aliphatic heterocycles. The molecule has 2 aliphatic rings. The van der Waals surface area contributed by atoms with Crippen LogP contribution in [-0.4, -0.2) is 36.9 Å². The van der Waals surface area contributed by atoms with Gasteiger partial charge in [0.1, 0.15) is 5.82 Å². The van der Waals surface area contributed by atoms with Crippen LogP contribution in [0.15, 0.2) is 18.2 Å². The summed E-state index contributed by atoms with van der Waals surface area (Å²) in [5, 5.41) is 9.47. The van der Waals surface area contributed by atoms with Crippen molar-refractivity contribution in [2.75, 3.05) is 13.1 Å². The molecule has 8 heteroatoms. The number of carboxylic acid groups (broad SMARTS) is 1. The summed E-state index contributed by atoms with van der Waals surface area (Å²) in [5.41, 5.74) is -0.661. The number of halogens is 2. The molecular weight excluding hydrogens is 345 g/mol. The van der Waals surface area contributed by atoms with Crippen LogP contribution >= 0.6 is 11.6 Å². The number of rotatable bonds is 4. The van der Waals surface area contributed by atoms with E-state index in [2.05, 4.69) is 0 Å². The molecule has 0 spiro atoms. The van der Waals surface area contributed by atoms with Crippen molar-refractivity contribution in [2.45, 2.75) is 25.0 Å². The van der Waals surface area contributed by atoms with E-state index in [1.807, 2.05) is 0 Å². The topological polar surface area (TPSA) is 74.7 Å².